The molecule has 2 heterocycles. The second kappa shape index (κ2) is 6.79. The van der Waals surface area contributed by atoms with E-state index in [1.807, 2.05) is 12.1 Å². The molecular formula is C16H18N2O3S. The van der Waals surface area contributed by atoms with Gasteiger partial charge >= 0.3 is 6.16 Å². The van der Waals surface area contributed by atoms with Crippen LogP contribution >= 0.6 is 11.3 Å². The maximum absolute atomic E-state index is 11.3. The second-order valence-electron chi connectivity index (χ2n) is 4.99. The summed E-state index contributed by atoms with van der Waals surface area (Å²) in [6, 6.07) is 7.33. The van der Waals surface area contributed by atoms with Gasteiger partial charge in [0.15, 0.2) is 0 Å². The fourth-order valence-electron chi connectivity index (χ4n) is 2.31. The summed E-state index contributed by atoms with van der Waals surface area (Å²) in [5, 5.41) is 5.60. The normalized spacial score (nSPS) is 13.7. The van der Waals surface area contributed by atoms with Crippen molar-refractivity contribution in [1.29, 1.82) is 0 Å². The largest absolute Gasteiger partial charge is 0.513 e. The number of fused-ring (bicyclic) bond motifs is 1. The van der Waals surface area contributed by atoms with Crippen LogP contribution in [0.15, 0.2) is 24.3 Å². The molecule has 0 bridgehead atoms. The second-order valence-corrected chi connectivity index (χ2v) is 5.99. The van der Waals surface area contributed by atoms with Gasteiger partial charge in [0.05, 0.1) is 12.3 Å². The Morgan fingerprint density at radius 3 is 2.91 bits per heavy atom. The Kier molecular flexibility index (Phi) is 4.58. The summed E-state index contributed by atoms with van der Waals surface area (Å²) in [6.07, 6.45) is 2.72. The first kappa shape index (κ1) is 14.8. The van der Waals surface area contributed by atoms with Crippen molar-refractivity contribution in [3.8, 4) is 16.3 Å². The number of hydrogen-bond acceptors (Lipinski definition) is 6. The number of ether oxygens (including phenoxy) is 2. The van der Waals surface area contributed by atoms with Gasteiger partial charge < -0.3 is 14.8 Å². The van der Waals surface area contributed by atoms with E-state index >= 15 is 0 Å². The molecular weight excluding hydrogens is 300 g/mol. The topological polar surface area (TPSA) is 60.5 Å². The van der Waals surface area contributed by atoms with Gasteiger partial charge in [-0.2, -0.15) is 0 Å². The number of aryl methyl sites for hydroxylation is 1. The van der Waals surface area contributed by atoms with E-state index in [1.54, 1.807) is 30.4 Å². The van der Waals surface area contributed by atoms with Crippen molar-refractivity contribution >= 4 is 22.5 Å². The Balaban J connectivity index is 1.74. The van der Waals surface area contributed by atoms with Crippen LogP contribution < -0.4 is 10.1 Å². The average Bonchev–Trinajstić information content (AvgIpc) is 2.79. The molecule has 0 aliphatic carbocycles. The van der Waals surface area contributed by atoms with Gasteiger partial charge in [-0.15, -0.1) is 0 Å². The Morgan fingerprint density at radius 1 is 1.32 bits per heavy atom. The lowest BCUT2D eigenvalue weighted by Crippen LogP contribution is -2.09. The minimum Gasteiger partial charge on any atom is -0.434 e. The molecule has 2 aromatic rings. The quantitative estimate of drug-likeness (QED) is 0.682. The molecule has 6 heteroatoms. The monoisotopic (exact) mass is 318 g/mol. The van der Waals surface area contributed by atoms with Gasteiger partial charge in [0, 0.05) is 12.1 Å². The molecule has 1 N–H and O–H groups in total. The van der Waals surface area contributed by atoms with E-state index in [1.165, 1.54) is 17.8 Å². The zero-order chi connectivity index (χ0) is 15.4. The van der Waals surface area contributed by atoms with Crippen molar-refractivity contribution in [2.45, 2.75) is 26.2 Å². The van der Waals surface area contributed by atoms with Crippen molar-refractivity contribution in [3.63, 3.8) is 0 Å². The minimum atomic E-state index is -0.680. The van der Waals surface area contributed by atoms with E-state index in [0.717, 1.165) is 29.2 Å². The van der Waals surface area contributed by atoms with E-state index in [9.17, 15) is 4.79 Å². The first-order chi connectivity index (χ1) is 10.8. The average molecular weight is 318 g/mol. The van der Waals surface area contributed by atoms with Gasteiger partial charge in [-0.3, -0.25) is 0 Å². The lowest BCUT2D eigenvalue weighted by molar-refractivity contribution is 0.104. The number of benzene rings is 1. The van der Waals surface area contributed by atoms with Gasteiger partial charge in [0.25, 0.3) is 0 Å². The summed E-state index contributed by atoms with van der Waals surface area (Å²) in [6.45, 7) is 3.06. The molecule has 22 heavy (non-hydrogen) atoms. The van der Waals surface area contributed by atoms with Crippen molar-refractivity contribution in [2.24, 2.45) is 0 Å². The van der Waals surface area contributed by atoms with Crippen LogP contribution in [0.3, 0.4) is 0 Å². The molecule has 0 radical (unpaired) electrons. The molecule has 1 aromatic carbocycles. The smallest absolute Gasteiger partial charge is 0.434 e. The lowest BCUT2D eigenvalue weighted by Gasteiger charge is -2.04. The Labute approximate surface area is 133 Å². The van der Waals surface area contributed by atoms with E-state index < -0.39 is 6.16 Å². The van der Waals surface area contributed by atoms with Gasteiger partial charge in [0.1, 0.15) is 15.8 Å². The van der Waals surface area contributed by atoms with Gasteiger partial charge in [-0.1, -0.05) is 11.3 Å². The Morgan fingerprint density at radius 2 is 2.14 bits per heavy atom. The third kappa shape index (κ3) is 3.39. The molecule has 0 saturated heterocycles. The van der Waals surface area contributed by atoms with E-state index in [4.69, 9.17) is 14.5 Å². The zero-order valence-electron chi connectivity index (χ0n) is 12.4. The summed E-state index contributed by atoms with van der Waals surface area (Å²) in [5.41, 5.74) is 2.18. The molecule has 1 aliphatic rings. The van der Waals surface area contributed by atoms with Gasteiger partial charge in [-0.05, 0) is 50.5 Å². The van der Waals surface area contributed by atoms with Crippen LogP contribution in [0.5, 0.6) is 5.75 Å². The number of aromatic nitrogens is 1. The molecule has 1 aliphatic heterocycles. The molecule has 1 aromatic heterocycles. The summed E-state index contributed by atoms with van der Waals surface area (Å²) < 4.78 is 9.80. The van der Waals surface area contributed by atoms with Crippen LogP contribution in [0, 0.1) is 0 Å². The highest BCUT2D eigenvalue weighted by molar-refractivity contribution is 7.19. The number of anilines is 1. The molecule has 0 fully saturated rings. The fourth-order valence-corrected chi connectivity index (χ4v) is 3.35. The predicted molar refractivity (Wildman–Crippen MR) is 86.6 cm³/mol. The van der Waals surface area contributed by atoms with Crippen molar-refractivity contribution < 1.29 is 14.3 Å². The van der Waals surface area contributed by atoms with Crippen LogP contribution in [0.25, 0.3) is 10.6 Å². The lowest BCUT2D eigenvalue weighted by atomic mass is 10.2. The summed E-state index contributed by atoms with van der Waals surface area (Å²) in [7, 11) is 0. The number of rotatable bonds is 3. The highest BCUT2D eigenvalue weighted by Gasteiger charge is 2.15. The minimum absolute atomic E-state index is 0.300. The molecule has 0 spiro atoms. The third-order valence-corrected chi connectivity index (χ3v) is 4.49. The number of carbonyl (C=O) groups is 1. The van der Waals surface area contributed by atoms with Gasteiger partial charge in [0.2, 0.25) is 0 Å². The molecule has 0 atom stereocenters. The molecule has 116 valence electrons. The first-order valence-electron chi connectivity index (χ1n) is 7.45. The molecule has 3 rings (SSSR count). The summed E-state index contributed by atoms with van der Waals surface area (Å²) in [5.74, 6) is 0.471. The van der Waals surface area contributed by atoms with Crippen LogP contribution in [0.4, 0.5) is 9.80 Å². The number of thiazole rings is 1. The number of carbonyl (C=O) groups excluding carboxylic acids is 1. The van der Waals surface area contributed by atoms with E-state index in [0.29, 0.717) is 12.4 Å². The molecule has 0 amide bonds. The fraction of sp³-hybridized carbons (Fsp3) is 0.375. The van der Waals surface area contributed by atoms with Crippen LogP contribution in [0.2, 0.25) is 0 Å². The summed E-state index contributed by atoms with van der Waals surface area (Å²) in [4.78, 5) is 16.0. The highest BCUT2D eigenvalue weighted by atomic mass is 32.1. The molecule has 0 saturated carbocycles. The van der Waals surface area contributed by atoms with Crippen LogP contribution in [-0.2, 0) is 11.2 Å². The van der Waals surface area contributed by atoms with Crippen molar-refractivity contribution in [3.05, 3.63) is 30.0 Å². The van der Waals surface area contributed by atoms with E-state index in [2.05, 4.69) is 5.32 Å². The third-order valence-electron chi connectivity index (χ3n) is 3.39. The zero-order valence-corrected chi connectivity index (χ0v) is 13.2. The first-order valence-corrected chi connectivity index (χ1v) is 8.26. The number of nitrogens with zero attached hydrogens (tertiary/aromatic N) is 1. The SMILES string of the molecule is CCOC(=O)Oc1ccc(-c2nc3c(s2)NCCCC3)cc1. The van der Waals surface area contributed by atoms with Crippen LogP contribution in [-0.4, -0.2) is 24.3 Å². The number of nitrogens with one attached hydrogen (secondary N) is 1. The van der Waals surface area contributed by atoms with Gasteiger partial charge in [-0.25, -0.2) is 9.78 Å². The standard InChI is InChI=1S/C16H18N2O3S/c1-2-20-16(19)21-12-8-6-11(7-9-12)14-18-13-5-3-4-10-17-15(13)22-14/h6-9,17H,2-5,10H2,1H3. The summed E-state index contributed by atoms with van der Waals surface area (Å²) >= 11 is 1.67. The Hall–Kier alpha value is -2.08. The Bertz CT molecular complexity index is 628. The highest BCUT2D eigenvalue weighted by Crippen LogP contribution is 2.34. The maximum atomic E-state index is 11.3. The van der Waals surface area contributed by atoms with E-state index in [-0.39, 0.29) is 0 Å². The van der Waals surface area contributed by atoms with Crippen molar-refractivity contribution in [2.75, 3.05) is 18.5 Å². The number of hydrogen-bond donors (Lipinski definition) is 1. The van der Waals surface area contributed by atoms with Crippen molar-refractivity contribution in [1.82, 2.24) is 4.98 Å². The maximum Gasteiger partial charge on any atom is 0.513 e. The molecule has 5 nitrogen and oxygen atoms in total. The van der Waals surface area contributed by atoms with Crippen LogP contribution in [0.1, 0.15) is 25.5 Å². The molecule has 0 unspecified atom stereocenters. The predicted octanol–water partition coefficient (Wildman–Crippen LogP) is 4.09.